The molecule has 0 bridgehead atoms. The van der Waals surface area contributed by atoms with Crippen molar-refractivity contribution in [1.29, 1.82) is 0 Å². The number of aromatic nitrogens is 1. The van der Waals surface area contributed by atoms with Gasteiger partial charge in [0.1, 0.15) is 12.4 Å². The van der Waals surface area contributed by atoms with Gasteiger partial charge in [-0.3, -0.25) is 4.98 Å². The van der Waals surface area contributed by atoms with Gasteiger partial charge in [-0.25, -0.2) is 14.5 Å². The van der Waals surface area contributed by atoms with Crippen LogP contribution in [0.5, 0.6) is 5.75 Å². The highest BCUT2D eigenvalue weighted by atomic mass is 16.6. The van der Waals surface area contributed by atoms with E-state index in [0.29, 0.717) is 30.3 Å². The number of carbonyl (C=O) groups excluding carboxylic acids is 1. The molecular weight excluding hydrogens is 400 g/mol. The van der Waals surface area contributed by atoms with Crippen molar-refractivity contribution < 1.29 is 28.9 Å². The first-order valence-corrected chi connectivity index (χ1v) is 10.4. The summed E-state index contributed by atoms with van der Waals surface area (Å²) in [5, 5.41) is 8.71. The predicted octanol–water partition coefficient (Wildman–Crippen LogP) is 4.27. The Labute approximate surface area is 181 Å². The Balaban J connectivity index is 1.63. The van der Waals surface area contributed by atoms with Gasteiger partial charge in [-0.05, 0) is 43.2 Å². The van der Waals surface area contributed by atoms with Crippen LogP contribution in [0.3, 0.4) is 0 Å². The molecule has 0 radical (unpaired) electrons. The Bertz CT molecular complexity index is 860. The normalized spacial score (nSPS) is 18.2. The molecule has 8 nitrogen and oxygen atoms in total. The van der Waals surface area contributed by atoms with E-state index in [2.05, 4.69) is 4.98 Å². The number of anilines is 2. The zero-order valence-electron chi connectivity index (χ0n) is 17.6. The molecule has 2 unspecified atom stereocenters. The number of rotatable bonds is 9. The van der Waals surface area contributed by atoms with Gasteiger partial charge >= 0.3 is 12.1 Å². The van der Waals surface area contributed by atoms with Crippen LogP contribution in [0.2, 0.25) is 0 Å². The van der Waals surface area contributed by atoms with Crippen molar-refractivity contribution in [2.75, 3.05) is 31.8 Å². The van der Waals surface area contributed by atoms with Crippen LogP contribution in [0, 0.1) is 11.8 Å². The molecule has 1 aliphatic carbocycles. The van der Waals surface area contributed by atoms with E-state index in [1.165, 1.54) is 4.90 Å². The van der Waals surface area contributed by atoms with Gasteiger partial charge in [0.05, 0.1) is 44.1 Å². The van der Waals surface area contributed by atoms with E-state index < -0.39 is 12.1 Å². The molecule has 1 aliphatic rings. The van der Waals surface area contributed by atoms with Crippen molar-refractivity contribution in [3.63, 3.8) is 0 Å². The number of amides is 1. The number of hydrogen-bond donors (Lipinski definition) is 1. The summed E-state index contributed by atoms with van der Waals surface area (Å²) in [4.78, 5) is 29.3. The minimum Gasteiger partial charge on any atom is -0.495 e. The van der Waals surface area contributed by atoms with Crippen LogP contribution in [-0.2, 0) is 14.3 Å². The van der Waals surface area contributed by atoms with Gasteiger partial charge in [0, 0.05) is 6.07 Å². The zero-order chi connectivity index (χ0) is 22.1. The SMILES string of the molecule is COc1cncc(N(C(=O)OCC2CCCC(COCC(=O)O)C2)c2ccccc2)c1. The van der Waals surface area contributed by atoms with Crippen LogP contribution < -0.4 is 9.64 Å². The Morgan fingerprint density at radius 2 is 1.84 bits per heavy atom. The third-order valence-electron chi connectivity index (χ3n) is 5.30. The lowest BCUT2D eigenvalue weighted by Gasteiger charge is -2.29. The van der Waals surface area contributed by atoms with Gasteiger partial charge in [0.2, 0.25) is 0 Å². The highest BCUT2D eigenvalue weighted by molar-refractivity contribution is 5.95. The number of ether oxygens (including phenoxy) is 3. The Hall–Kier alpha value is -3.13. The second-order valence-corrected chi connectivity index (χ2v) is 7.64. The lowest BCUT2D eigenvalue weighted by atomic mass is 9.82. The molecule has 0 saturated heterocycles. The maximum Gasteiger partial charge on any atom is 0.419 e. The first kappa shape index (κ1) is 22.6. The lowest BCUT2D eigenvalue weighted by Crippen LogP contribution is -2.30. The minimum absolute atomic E-state index is 0.220. The number of benzene rings is 1. The van der Waals surface area contributed by atoms with Gasteiger partial charge < -0.3 is 19.3 Å². The van der Waals surface area contributed by atoms with Gasteiger partial charge in [-0.15, -0.1) is 0 Å². The predicted molar refractivity (Wildman–Crippen MR) is 115 cm³/mol. The maximum atomic E-state index is 13.1. The molecule has 1 aromatic carbocycles. The summed E-state index contributed by atoms with van der Waals surface area (Å²) in [5.41, 5.74) is 1.23. The van der Waals surface area contributed by atoms with Crippen LogP contribution >= 0.6 is 0 Å². The summed E-state index contributed by atoms with van der Waals surface area (Å²) >= 11 is 0. The maximum absolute atomic E-state index is 13.1. The fourth-order valence-corrected chi connectivity index (χ4v) is 3.85. The standard InChI is InChI=1S/C23H28N2O6/c1-29-21-11-20(12-24-13-21)25(19-8-3-2-4-9-19)23(28)31-15-18-7-5-6-17(10-18)14-30-16-22(26)27/h2-4,8-9,11-13,17-18H,5-7,10,14-16H2,1H3,(H,26,27). The zero-order valence-corrected chi connectivity index (χ0v) is 17.6. The first-order chi connectivity index (χ1) is 15.1. The average Bonchev–Trinajstić information content (AvgIpc) is 2.79. The number of aliphatic carboxylic acids is 1. The van der Waals surface area contributed by atoms with Gasteiger partial charge in [-0.2, -0.15) is 0 Å². The molecule has 0 aliphatic heterocycles. The second kappa shape index (κ2) is 11.3. The molecule has 31 heavy (non-hydrogen) atoms. The molecular formula is C23H28N2O6. The van der Waals surface area contributed by atoms with E-state index in [1.54, 1.807) is 25.6 Å². The molecule has 1 N–H and O–H groups in total. The number of para-hydroxylation sites is 1. The Morgan fingerprint density at radius 3 is 2.55 bits per heavy atom. The molecule has 2 aromatic rings. The fraction of sp³-hybridized carbons (Fsp3) is 0.435. The highest BCUT2D eigenvalue weighted by Gasteiger charge is 2.26. The molecule has 2 atom stereocenters. The van der Waals surface area contributed by atoms with Gasteiger partial charge in [0.25, 0.3) is 0 Å². The van der Waals surface area contributed by atoms with E-state index in [-0.39, 0.29) is 18.4 Å². The Kier molecular flexibility index (Phi) is 8.23. The van der Waals surface area contributed by atoms with Crippen molar-refractivity contribution in [3.05, 3.63) is 48.8 Å². The molecule has 166 valence electrons. The molecule has 1 aromatic heterocycles. The van der Waals surface area contributed by atoms with E-state index in [1.807, 2.05) is 30.3 Å². The summed E-state index contributed by atoms with van der Waals surface area (Å²) in [5.74, 6) is 0.0823. The van der Waals surface area contributed by atoms with Crippen molar-refractivity contribution in [3.8, 4) is 5.75 Å². The minimum atomic E-state index is -0.964. The van der Waals surface area contributed by atoms with Crippen LogP contribution in [-0.4, -0.2) is 49.1 Å². The number of hydrogen-bond acceptors (Lipinski definition) is 6. The topological polar surface area (TPSA) is 98.2 Å². The van der Waals surface area contributed by atoms with Gasteiger partial charge in [-0.1, -0.05) is 24.6 Å². The van der Waals surface area contributed by atoms with E-state index >= 15 is 0 Å². The quantitative estimate of drug-likeness (QED) is 0.637. The van der Waals surface area contributed by atoms with Crippen molar-refractivity contribution in [2.24, 2.45) is 11.8 Å². The third-order valence-corrected chi connectivity index (χ3v) is 5.30. The number of nitrogens with zero attached hydrogens (tertiary/aromatic N) is 2. The first-order valence-electron chi connectivity index (χ1n) is 10.4. The second-order valence-electron chi connectivity index (χ2n) is 7.64. The Morgan fingerprint density at radius 1 is 1.10 bits per heavy atom. The summed E-state index contributed by atoms with van der Waals surface area (Å²) in [6.07, 6.45) is 6.50. The molecule has 1 fully saturated rings. The number of carboxylic acid groups (broad SMARTS) is 1. The smallest absolute Gasteiger partial charge is 0.419 e. The monoisotopic (exact) mass is 428 g/mol. The van der Waals surface area contributed by atoms with E-state index in [0.717, 1.165) is 25.7 Å². The molecule has 0 spiro atoms. The molecule has 1 amide bonds. The van der Waals surface area contributed by atoms with Crippen LogP contribution in [0.25, 0.3) is 0 Å². The van der Waals surface area contributed by atoms with Crippen LogP contribution in [0.15, 0.2) is 48.8 Å². The summed E-state index contributed by atoms with van der Waals surface area (Å²) in [7, 11) is 1.55. The average molecular weight is 428 g/mol. The van der Waals surface area contributed by atoms with Crippen LogP contribution in [0.4, 0.5) is 16.2 Å². The number of carbonyl (C=O) groups is 2. The number of methoxy groups -OCH3 is 1. The highest BCUT2D eigenvalue weighted by Crippen LogP contribution is 2.31. The molecule has 8 heteroatoms. The van der Waals surface area contributed by atoms with Crippen molar-refractivity contribution >= 4 is 23.4 Å². The summed E-state index contributed by atoms with van der Waals surface area (Å²) in [6.45, 7) is 0.439. The van der Waals surface area contributed by atoms with Crippen molar-refractivity contribution in [2.45, 2.75) is 25.7 Å². The number of carboxylic acids is 1. The molecule has 1 saturated carbocycles. The largest absolute Gasteiger partial charge is 0.495 e. The van der Waals surface area contributed by atoms with E-state index in [9.17, 15) is 9.59 Å². The third kappa shape index (κ3) is 6.68. The fourth-order valence-electron chi connectivity index (χ4n) is 3.85. The summed E-state index contributed by atoms with van der Waals surface area (Å²) < 4.78 is 16.2. The summed E-state index contributed by atoms with van der Waals surface area (Å²) in [6, 6.07) is 11.0. The van der Waals surface area contributed by atoms with Crippen molar-refractivity contribution in [1.82, 2.24) is 4.98 Å². The van der Waals surface area contributed by atoms with E-state index in [4.69, 9.17) is 19.3 Å². The number of pyridine rings is 1. The molecule has 1 heterocycles. The van der Waals surface area contributed by atoms with Crippen LogP contribution in [0.1, 0.15) is 25.7 Å². The lowest BCUT2D eigenvalue weighted by molar-refractivity contribution is -0.142. The molecule has 3 rings (SSSR count). The van der Waals surface area contributed by atoms with Gasteiger partial charge in [0.15, 0.2) is 0 Å².